The van der Waals surface area contributed by atoms with E-state index in [1.807, 2.05) is 0 Å². The largest absolute Gasteiger partial charge is 0.507 e. The van der Waals surface area contributed by atoms with Gasteiger partial charge in [0.1, 0.15) is 11.6 Å². The smallest absolute Gasteiger partial charge is 0.144 e. The van der Waals surface area contributed by atoms with Gasteiger partial charge in [-0.1, -0.05) is 6.07 Å². The highest BCUT2D eigenvalue weighted by Crippen LogP contribution is 2.37. The fraction of sp³-hybridized carbons (Fsp3) is 0.455. The highest BCUT2D eigenvalue weighted by Gasteiger charge is 2.37. The quantitative estimate of drug-likeness (QED) is 0.890. The lowest BCUT2D eigenvalue weighted by Crippen LogP contribution is -2.22. The van der Waals surface area contributed by atoms with Gasteiger partial charge in [-0.25, -0.2) is 4.39 Å². The first-order chi connectivity index (χ1) is 7.02. The second-order valence-corrected chi connectivity index (χ2v) is 5.03. The highest BCUT2D eigenvalue weighted by molar-refractivity contribution is 9.10. The topological polar surface area (TPSA) is 46.2 Å². The molecule has 1 fully saturated rings. The molecule has 0 unspecified atom stereocenters. The van der Waals surface area contributed by atoms with Crippen LogP contribution in [0.4, 0.5) is 4.39 Å². The molecule has 0 radical (unpaired) electrons. The van der Waals surface area contributed by atoms with E-state index >= 15 is 0 Å². The second kappa shape index (κ2) is 3.76. The lowest BCUT2D eigenvalue weighted by atomic mass is 10.0. The van der Waals surface area contributed by atoms with Crippen molar-refractivity contribution in [3.63, 3.8) is 0 Å². The summed E-state index contributed by atoms with van der Waals surface area (Å²) in [5, 5.41) is 9.25. The van der Waals surface area contributed by atoms with Gasteiger partial charge in [0.05, 0.1) is 4.47 Å². The maximum absolute atomic E-state index is 13.6. The molecule has 1 aliphatic carbocycles. The predicted molar refractivity (Wildman–Crippen MR) is 60.2 cm³/mol. The molecule has 3 N–H and O–H groups in total. The highest BCUT2D eigenvalue weighted by atomic mass is 79.9. The first kappa shape index (κ1) is 10.9. The Morgan fingerprint density at radius 1 is 1.47 bits per heavy atom. The number of benzene rings is 1. The Morgan fingerprint density at radius 3 is 2.73 bits per heavy atom. The van der Waals surface area contributed by atoms with E-state index in [-0.39, 0.29) is 21.6 Å². The van der Waals surface area contributed by atoms with Gasteiger partial charge in [0, 0.05) is 5.54 Å². The molecule has 4 heteroatoms. The number of hydrogen-bond acceptors (Lipinski definition) is 2. The summed E-state index contributed by atoms with van der Waals surface area (Å²) in [6.45, 7) is 0. The van der Waals surface area contributed by atoms with Crippen LogP contribution >= 0.6 is 15.9 Å². The summed E-state index contributed by atoms with van der Waals surface area (Å²) >= 11 is 3.01. The van der Waals surface area contributed by atoms with E-state index in [9.17, 15) is 9.50 Å². The van der Waals surface area contributed by atoms with Crippen LogP contribution in [0.15, 0.2) is 16.6 Å². The zero-order valence-corrected chi connectivity index (χ0v) is 9.85. The minimum atomic E-state index is -0.376. The number of aryl methyl sites for hydroxylation is 1. The van der Waals surface area contributed by atoms with Crippen molar-refractivity contribution in [2.75, 3.05) is 0 Å². The van der Waals surface area contributed by atoms with Crippen molar-refractivity contribution >= 4 is 15.9 Å². The maximum Gasteiger partial charge on any atom is 0.144 e. The molecule has 0 aliphatic heterocycles. The van der Waals surface area contributed by atoms with Crippen molar-refractivity contribution in [3.05, 3.63) is 28.0 Å². The van der Waals surface area contributed by atoms with Crippen LogP contribution < -0.4 is 5.73 Å². The molecular weight excluding hydrogens is 261 g/mol. The van der Waals surface area contributed by atoms with Crippen LogP contribution in [0.3, 0.4) is 0 Å². The van der Waals surface area contributed by atoms with Crippen molar-refractivity contribution in [2.45, 2.75) is 31.2 Å². The summed E-state index contributed by atoms with van der Waals surface area (Å²) in [6.07, 6.45) is 3.50. The van der Waals surface area contributed by atoms with Gasteiger partial charge in [0.2, 0.25) is 0 Å². The van der Waals surface area contributed by atoms with E-state index in [2.05, 4.69) is 15.9 Å². The summed E-state index contributed by atoms with van der Waals surface area (Å²) in [6, 6.07) is 3.11. The predicted octanol–water partition coefficient (Wildman–Crippen LogP) is 2.72. The molecule has 2 rings (SSSR count). The summed E-state index contributed by atoms with van der Waals surface area (Å²) in [7, 11) is 0. The summed E-state index contributed by atoms with van der Waals surface area (Å²) in [4.78, 5) is 0. The lowest BCUT2D eigenvalue weighted by Gasteiger charge is -2.10. The molecule has 1 saturated carbocycles. The minimum absolute atomic E-state index is 0.0587. The number of aromatic hydroxyl groups is 1. The van der Waals surface area contributed by atoms with Gasteiger partial charge < -0.3 is 10.8 Å². The number of halogens is 2. The third-order valence-corrected chi connectivity index (χ3v) is 3.68. The van der Waals surface area contributed by atoms with Crippen LogP contribution in [0.1, 0.15) is 24.8 Å². The zero-order chi connectivity index (χ0) is 11.1. The summed E-state index contributed by atoms with van der Waals surface area (Å²) < 4.78 is 13.8. The number of rotatable bonds is 3. The van der Waals surface area contributed by atoms with E-state index in [0.29, 0.717) is 12.0 Å². The fourth-order valence-electron chi connectivity index (χ4n) is 1.57. The van der Waals surface area contributed by atoms with Crippen molar-refractivity contribution in [2.24, 2.45) is 5.73 Å². The normalized spacial score (nSPS) is 17.8. The van der Waals surface area contributed by atoms with Crippen LogP contribution in [-0.4, -0.2) is 10.6 Å². The molecule has 0 spiro atoms. The Kier molecular flexibility index (Phi) is 2.73. The third-order valence-electron chi connectivity index (χ3n) is 2.93. The zero-order valence-electron chi connectivity index (χ0n) is 8.26. The van der Waals surface area contributed by atoms with Gasteiger partial charge in [-0.15, -0.1) is 0 Å². The van der Waals surface area contributed by atoms with E-state index < -0.39 is 0 Å². The number of phenols is 1. The maximum atomic E-state index is 13.6. The van der Waals surface area contributed by atoms with Crippen molar-refractivity contribution in [1.82, 2.24) is 0 Å². The van der Waals surface area contributed by atoms with Crippen LogP contribution in [0, 0.1) is 5.82 Å². The molecule has 0 heterocycles. The van der Waals surface area contributed by atoms with E-state index in [4.69, 9.17) is 5.73 Å². The molecule has 1 aliphatic rings. The summed E-state index contributed by atoms with van der Waals surface area (Å²) in [5.74, 6) is -0.440. The van der Waals surface area contributed by atoms with Gasteiger partial charge in [0.25, 0.3) is 0 Å². The van der Waals surface area contributed by atoms with Crippen molar-refractivity contribution in [3.8, 4) is 5.75 Å². The fourth-order valence-corrected chi connectivity index (χ4v) is 1.95. The van der Waals surface area contributed by atoms with E-state index in [1.165, 1.54) is 6.07 Å². The Labute approximate surface area is 96.4 Å². The third kappa shape index (κ3) is 2.32. The Balaban J connectivity index is 2.11. The monoisotopic (exact) mass is 273 g/mol. The van der Waals surface area contributed by atoms with Crippen molar-refractivity contribution < 1.29 is 9.50 Å². The number of hydrogen-bond donors (Lipinski definition) is 2. The lowest BCUT2D eigenvalue weighted by molar-refractivity contribution is 0.462. The van der Waals surface area contributed by atoms with Crippen LogP contribution in [-0.2, 0) is 6.42 Å². The second-order valence-electron chi connectivity index (χ2n) is 4.23. The average Bonchev–Trinajstić information content (AvgIpc) is 2.93. The standard InChI is InChI=1S/C11H13BrFNO/c12-9-8(15)2-1-7(10(9)13)3-4-11(14)5-6-11/h1-2,15H,3-6,14H2. The van der Waals surface area contributed by atoms with E-state index in [1.54, 1.807) is 6.07 Å². The Hall–Kier alpha value is -0.610. The molecule has 15 heavy (non-hydrogen) atoms. The average molecular weight is 274 g/mol. The SMILES string of the molecule is NC1(CCc2ccc(O)c(Br)c2F)CC1. The van der Waals surface area contributed by atoms with Crippen LogP contribution in [0.25, 0.3) is 0 Å². The molecule has 2 nitrogen and oxygen atoms in total. The minimum Gasteiger partial charge on any atom is -0.507 e. The van der Waals surface area contributed by atoms with Gasteiger partial charge in [0.15, 0.2) is 0 Å². The molecular formula is C11H13BrFNO. The van der Waals surface area contributed by atoms with Crippen molar-refractivity contribution in [1.29, 1.82) is 0 Å². The molecule has 0 saturated heterocycles. The number of phenolic OH excluding ortho intramolecular Hbond substituents is 1. The van der Waals surface area contributed by atoms with E-state index in [0.717, 1.165) is 19.3 Å². The Bertz CT molecular complexity index is 390. The first-order valence-corrected chi connectivity index (χ1v) is 5.76. The molecule has 1 aromatic rings. The molecule has 0 amide bonds. The molecule has 0 aromatic heterocycles. The van der Waals surface area contributed by atoms with Gasteiger partial charge in [-0.2, -0.15) is 0 Å². The molecule has 0 bridgehead atoms. The van der Waals surface area contributed by atoms with Gasteiger partial charge >= 0.3 is 0 Å². The first-order valence-electron chi connectivity index (χ1n) is 4.97. The Morgan fingerprint density at radius 2 is 2.13 bits per heavy atom. The van der Waals surface area contributed by atoms with Crippen LogP contribution in [0.5, 0.6) is 5.75 Å². The van der Waals surface area contributed by atoms with Gasteiger partial charge in [-0.05, 0) is 53.2 Å². The molecule has 82 valence electrons. The molecule has 0 atom stereocenters. The number of nitrogens with two attached hydrogens (primary N) is 1. The molecule has 1 aromatic carbocycles. The van der Waals surface area contributed by atoms with Crippen LogP contribution in [0.2, 0.25) is 0 Å². The summed E-state index contributed by atoms with van der Waals surface area (Å²) in [5.41, 5.74) is 6.48. The van der Waals surface area contributed by atoms with Gasteiger partial charge in [-0.3, -0.25) is 0 Å².